The molecule has 3 fully saturated rings. The molecule has 1 aromatic rings. The third-order valence-electron chi connectivity index (χ3n) is 6.98. The summed E-state index contributed by atoms with van der Waals surface area (Å²) < 4.78 is 5.29. The second-order valence-corrected chi connectivity index (χ2v) is 8.43. The van der Waals surface area contributed by atoms with Crippen LogP contribution in [0, 0.1) is 24.7 Å². The van der Waals surface area contributed by atoms with Gasteiger partial charge in [-0.2, -0.15) is 0 Å². The third kappa shape index (κ3) is 3.38. The fourth-order valence-corrected chi connectivity index (χ4v) is 5.34. The van der Waals surface area contributed by atoms with Gasteiger partial charge in [-0.15, -0.1) is 0 Å². The fourth-order valence-electron chi connectivity index (χ4n) is 5.34. The van der Waals surface area contributed by atoms with Gasteiger partial charge < -0.3 is 4.74 Å². The number of cyclic esters (lactones) is 1. The van der Waals surface area contributed by atoms with Crippen LogP contribution in [0.1, 0.15) is 74.8 Å². The summed E-state index contributed by atoms with van der Waals surface area (Å²) in [5, 5.41) is 0. The lowest BCUT2D eigenvalue weighted by Crippen LogP contribution is -2.41. The Morgan fingerprint density at radius 3 is 1.83 bits per heavy atom. The second kappa shape index (κ2) is 6.90. The van der Waals surface area contributed by atoms with Crippen LogP contribution in [0.3, 0.4) is 0 Å². The van der Waals surface area contributed by atoms with Crippen molar-refractivity contribution in [2.75, 3.05) is 0 Å². The zero-order valence-corrected chi connectivity index (χ0v) is 14.9. The maximum Gasteiger partial charge on any atom is 0.309 e. The lowest BCUT2D eigenvalue weighted by atomic mass is 9.67. The predicted octanol–water partition coefficient (Wildman–Crippen LogP) is 5.39. The molecule has 1 aromatic carbocycles. The molecule has 0 spiro atoms. The van der Waals surface area contributed by atoms with Gasteiger partial charge in [-0.05, 0) is 87.5 Å². The average molecular weight is 326 g/mol. The van der Waals surface area contributed by atoms with Crippen LogP contribution in [0.2, 0.25) is 0 Å². The molecule has 1 saturated heterocycles. The van der Waals surface area contributed by atoms with E-state index in [9.17, 15) is 4.79 Å². The molecule has 1 atom stereocenters. The molecule has 1 unspecified atom stereocenters. The van der Waals surface area contributed by atoms with E-state index in [2.05, 4.69) is 31.2 Å². The van der Waals surface area contributed by atoms with Crippen LogP contribution in [0.5, 0.6) is 0 Å². The molecule has 2 nitrogen and oxygen atoms in total. The van der Waals surface area contributed by atoms with E-state index >= 15 is 0 Å². The molecule has 2 heteroatoms. The number of esters is 1. The summed E-state index contributed by atoms with van der Waals surface area (Å²) in [6, 6.07) is 9.20. The Hall–Kier alpha value is -1.31. The smallest absolute Gasteiger partial charge is 0.309 e. The molecule has 1 heterocycles. The predicted molar refractivity (Wildman–Crippen MR) is 95.8 cm³/mol. The standard InChI is InChI=1S/C22H30O2/c1-15-2-4-16(5-3-15)17-6-8-18(9-7-17)19-10-12-20(13-11-19)21-14-22(23)24-21/h2-5,17-21H,6-14H2,1H3/t17-,18-,19-,20+,21?. The second-order valence-electron chi connectivity index (χ2n) is 8.43. The number of rotatable bonds is 3. The topological polar surface area (TPSA) is 26.3 Å². The minimum Gasteiger partial charge on any atom is -0.461 e. The van der Waals surface area contributed by atoms with Gasteiger partial charge >= 0.3 is 5.97 Å². The van der Waals surface area contributed by atoms with E-state index in [1.807, 2.05) is 0 Å². The minimum absolute atomic E-state index is 0.0107. The highest BCUT2D eigenvalue weighted by Gasteiger charge is 2.39. The van der Waals surface area contributed by atoms with Crippen LogP contribution in [0.15, 0.2) is 24.3 Å². The first-order chi connectivity index (χ1) is 11.7. The molecule has 1 aliphatic heterocycles. The Morgan fingerprint density at radius 2 is 1.29 bits per heavy atom. The number of benzene rings is 1. The first-order valence-electron chi connectivity index (χ1n) is 9.95. The molecular weight excluding hydrogens is 296 g/mol. The highest BCUT2D eigenvalue weighted by atomic mass is 16.6. The van der Waals surface area contributed by atoms with E-state index in [0.717, 1.165) is 17.8 Å². The number of carbonyl (C=O) groups excluding carboxylic acids is 1. The van der Waals surface area contributed by atoms with E-state index in [0.29, 0.717) is 12.3 Å². The Balaban J connectivity index is 1.24. The summed E-state index contributed by atoms with van der Waals surface area (Å²) in [7, 11) is 0. The van der Waals surface area contributed by atoms with Gasteiger partial charge in [0.1, 0.15) is 6.10 Å². The molecule has 24 heavy (non-hydrogen) atoms. The Bertz CT molecular complexity index is 552. The normalized spacial score (nSPS) is 36.7. The van der Waals surface area contributed by atoms with Gasteiger partial charge in [0.05, 0.1) is 6.42 Å². The summed E-state index contributed by atoms with van der Waals surface area (Å²) in [6.07, 6.45) is 11.8. The maximum absolute atomic E-state index is 11.0. The Kier molecular flexibility index (Phi) is 4.65. The molecule has 2 saturated carbocycles. The van der Waals surface area contributed by atoms with Gasteiger partial charge in [0.25, 0.3) is 0 Å². The molecular formula is C22H30O2. The van der Waals surface area contributed by atoms with Gasteiger partial charge in [0.2, 0.25) is 0 Å². The number of ether oxygens (including phenoxy) is 1. The zero-order valence-electron chi connectivity index (χ0n) is 14.9. The molecule has 3 aliphatic rings. The van der Waals surface area contributed by atoms with Crippen molar-refractivity contribution in [1.82, 2.24) is 0 Å². The van der Waals surface area contributed by atoms with Crippen molar-refractivity contribution >= 4 is 5.97 Å². The number of aryl methyl sites for hydroxylation is 1. The number of hydrogen-bond acceptors (Lipinski definition) is 2. The number of hydrogen-bond donors (Lipinski definition) is 0. The molecule has 0 aromatic heterocycles. The SMILES string of the molecule is Cc1ccc([C@H]2CC[C@H]([C@H]3CC[C@@H](C4CC(=O)O4)CC3)CC2)cc1. The van der Waals surface area contributed by atoms with Crippen LogP contribution in [0.25, 0.3) is 0 Å². The fraction of sp³-hybridized carbons (Fsp3) is 0.682. The molecule has 0 bridgehead atoms. The van der Waals surface area contributed by atoms with Gasteiger partial charge in [-0.25, -0.2) is 0 Å². The lowest BCUT2D eigenvalue weighted by molar-refractivity contribution is -0.176. The van der Waals surface area contributed by atoms with Gasteiger partial charge in [-0.1, -0.05) is 29.8 Å². The first kappa shape index (κ1) is 16.2. The van der Waals surface area contributed by atoms with Crippen molar-refractivity contribution in [2.45, 2.75) is 76.7 Å². The van der Waals surface area contributed by atoms with Crippen molar-refractivity contribution in [1.29, 1.82) is 0 Å². The quantitative estimate of drug-likeness (QED) is 0.696. The summed E-state index contributed by atoms with van der Waals surface area (Å²) >= 11 is 0. The van der Waals surface area contributed by atoms with E-state index < -0.39 is 0 Å². The molecule has 2 aliphatic carbocycles. The van der Waals surface area contributed by atoms with Crippen molar-refractivity contribution in [3.8, 4) is 0 Å². The Morgan fingerprint density at radius 1 is 0.792 bits per heavy atom. The van der Waals surface area contributed by atoms with Crippen LogP contribution in [-0.4, -0.2) is 12.1 Å². The lowest BCUT2D eigenvalue weighted by Gasteiger charge is -2.41. The van der Waals surface area contributed by atoms with Crippen molar-refractivity contribution in [2.24, 2.45) is 17.8 Å². The summed E-state index contributed by atoms with van der Waals surface area (Å²) in [5.74, 6) is 3.32. The van der Waals surface area contributed by atoms with Crippen molar-refractivity contribution in [3.05, 3.63) is 35.4 Å². The van der Waals surface area contributed by atoms with Crippen LogP contribution >= 0.6 is 0 Å². The summed E-state index contributed by atoms with van der Waals surface area (Å²) in [4.78, 5) is 11.0. The van der Waals surface area contributed by atoms with Crippen LogP contribution in [0.4, 0.5) is 0 Å². The number of carbonyl (C=O) groups is 1. The van der Waals surface area contributed by atoms with Crippen LogP contribution < -0.4 is 0 Å². The highest BCUT2D eigenvalue weighted by Crippen LogP contribution is 2.45. The van der Waals surface area contributed by atoms with Gasteiger partial charge in [0.15, 0.2) is 0 Å². The van der Waals surface area contributed by atoms with E-state index in [1.165, 1.54) is 56.9 Å². The molecule has 0 radical (unpaired) electrons. The average Bonchev–Trinajstić information content (AvgIpc) is 2.60. The highest BCUT2D eigenvalue weighted by molar-refractivity contribution is 5.75. The first-order valence-corrected chi connectivity index (χ1v) is 9.95. The largest absolute Gasteiger partial charge is 0.461 e. The molecule has 4 rings (SSSR count). The molecule has 0 N–H and O–H groups in total. The molecule has 0 amide bonds. The maximum atomic E-state index is 11.0. The van der Waals surface area contributed by atoms with Gasteiger partial charge in [-0.3, -0.25) is 4.79 Å². The molecule has 130 valence electrons. The van der Waals surface area contributed by atoms with E-state index in [1.54, 1.807) is 5.56 Å². The van der Waals surface area contributed by atoms with Crippen molar-refractivity contribution in [3.63, 3.8) is 0 Å². The van der Waals surface area contributed by atoms with Crippen molar-refractivity contribution < 1.29 is 9.53 Å². The zero-order chi connectivity index (χ0) is 16.5. The van der Waals surface area contributed by atoms with E-state index in [-0.39, 0.29) is 12.1 Å². The summed E-state index contributed by atoms with van der Waals surface area (Å²) in [5.41, 5.74) is 2.91. The van der Waals surface area contributed by atoms with Gasteiger partial charge in [0, 0.05) is 0 Å². The Labute approximate surface area is 146 Å². The van der Waals surface area contributed by atoms with E-state index in [4.69, 9.17) is 4.74 Å². The van der Waals surface area contributed by atoms with Crippen LogP contribution in [-0.2, 0) is 9.53 Å². The monoisotopic (exact) mass is 326 g/mol. The third-order valence-corrected chi connectivity index (χ3v) is 6.98. The minimum atomic E-state index is 0.0107. The summed E-state index contributed by atoms with van der Waals surface area (Å²) in [6.45, 7) is 2.17.